The van der Waals surface area contributed by atoms with E-state index in [0.29, 0.717) is 18.7 Å². The first-order valence-corrected chi connectivity index (χ1v) is 11.9. The highest BCUT2D eigenvalue weighted by atomic mass is 16.6. The summed E-state index contributed by atoms with van der Waals surface area (Å²) >= 11 is 0. The van der Waals surface area contributed by atoms with Crippen LogP contribution in [0.1, 0.15) is 25.0 Å². The SMILES string of the molecule is CCNOc1ccc(C[C@@H](C)N(C[C@H](O)COc2ccccc2)[C@H](O)Cc2ccccc2)cc1. The molecule has 6 nitrogen and oxygen atoms in total. The van der Waals surface area contributed by atoms with Crippen molar-refractivity contribution in [2.45, 2.75) is 45.1 Å². The predicted octanol–water partition coefficient (Wildman–Crippen LogP) is 3.82. The summed E-state index contributed by atoms with van der Waals surface area (Å²) in [5.74, 6) is 1.47. The van der Waals surface area contributed by atoms with Crippen LogP contribution in [0.4, 0.5) is 0 Å². The minimum atomic E-state index is -0.746. The molecule has 0 radical (unpaired) electrons. The zero-order valence-corrected chi connectivity index (χ0v) is 20.0. The van der Waals surface area contributed by atoms with Crippen molar-refractivity contribution < 1.29 is 19.8 Å². The molecule has 0 aliphatic carbocycles. The van der Waals surface area contributed by atoms with E-state index in [1.807, 2.05) is 96.8 Å². The summed E-state index contributed by atoms with van der Waals surface area (Å²) in [5, 5.41) is 21.9. The zero-order valence-electron chi connectivity index (χ0n) is 20.0. The standard InChI is InChI=1S/C28H36N2O4/c1-3-29-34-27-16-14-24(15-17-27)18-22(2)30(28(32)19-23-10-6-4-7-11-23)20-25(31)21-33-26-12-8-5-9-13-26/h4-17,22,25,28-29,31-32H,3,18-21H2,1-2H3/t22-,25+,28-/m1/s1. The smallest absolute Gasteiger partial charge is 0.147 e. The van der Waals surface area contributed by atoms with Gasteiger partial charge in [0.1, 0.15) is 30.4 Å². The molecule has 0 aromatic heterocycles. The van der Waals surface area contributed by atoms with E-state index in [-0.39, 0.29) is 12.6 Å². The molecule has 6 heteroatoms. The van der Waals surface area contributed by atoms with Crippen molar-refractivity contribution in [2.24, 2.45) is 0 Å². The molecule has 0 saturated heterocycles. The lowest BCUT2D eigenvalue weighted by Gasteiger charge is -2.35. The number of hydrogen-bond donors (Lipinski definition) is 3. The van der Waals surface area contributed by atoms with E-state index in [2.05, 4.69) is 12.4 Å². The summed E-state index contributed by atoms with van der Waals surface area (Å²) in [6.45, 7) is 5.22. The van der Waals surface area contributed by atoms with Crippen molar-refractivity contribution in [3.8, 4) is 11.5 Å². The highest BCUT2D eigenvalue weighted by molar-refractivity contribution is 5.27. The lowest BCUT2D eigenvalue weighted by Crippen LogP contribution is -2.48. The molecule has 3 atom stereocenters. The van der Waals surface area contributed by atoms with E-state index in [9.17, 15) is 10.2 Å². The number of aliphatic hydroxyl groups is 2. The van der Waals surface area contributed by atoms with Crippen molar-refractivity contribution >= 4 is 0 Å². The van der Waals surface area contributed by atoms with Crippen molar-refractivity contribution in [3.63, 3.8) is 0 Å². The lowest BCUT2D eigenvalue weighted by atomic mass is 10.0. The molecular formula is C28H36N2O4. The maximum Gasteiger partial charge on any atom is 0.147 e. The third kappa shape index (κ3) is 8.47. The number of benzene rings is 3. The summed E-state index contributed by atoms with van der Waals surface area (Å²) in [7, 11) is 0. The van der Waals surface area contributed by atoms with Gasteiger partial charge < -0.3 is 19.8 Å². The Kier molecular flexibility index (Phi) is 10.4. The van der Waals surface area contributed by atoms with Crippen LogP contribution in [0.2, 0.25) is 0 Å². The average Bonchev–Trinajstić information content (AvgIpc) is 2.86. The normalized spacial score (nSPS) is 13.9. The van der Waals surface area contributed by atoms with E-state index >= 15 is 0 Å². The third-order valence-corrected chi connectivity index (χ3v) is 5.61. The first-order chi connectivity index (χ1) is 16.5. The quantitative estimate of drug-likeness (QED) is 0.249. The summed E-state index contributed by atoms with van der Waals surface area (Å²) in [6, 6.07) is 27.3. The maximum absolute atomic E-state index is 11.1. The molecule has 0 bridgehead atoms. The first-order valence-electron chi connectivity index (χ1n) is 11.9. The number of nitrogens with one attached hydrogen (secondary N) is 1. The Morgan fingerprint density at radius 1 is 0.794 bits per heavy atom. The van der Waals surface area contributed by atoms with E-state index in [1.165, 1.54) is 0 Å². The van der Waals surface area contributed by atoms with Gasteiger partial charge in [-0.1, -0.05) is 60.7 Å². The molecule has 0 fully saturated rings. The topological polar surface area (TPSA) is 74.2 Å². The van der Waals surface area contributed by atoms with Gasteiger partial charge in [0, 0.05) is 25.6 Å². The van der Waals surface area contributed by atoms with E-state index in [0.717, 1.165) is 29.8 Å². The van der Waals surface area contributed by atoms with E-state index in [1.54, 1.807) is 0 Å². The van der Waals surface area contributed by atoms with Gasteiger partial charge in [0.25, 0.3) is 0 Å². The molecular weight excluding hydrogens is 428 g/mol. The Hall–Kier alpha value is -2.90. The summed E-state index contributed by atoms with van der Waals surface area (Å²) in [5.41, 5.74) is 5.02. The monoisotopic (exact) mass is 464 g/mol. The fourth-order valence-electron chi connectivity index (χ4n) is 3.85. The van der Waals surface area contributed by atoms with Crippen LogP contribution in [-0.4, -0.2) is 53.2 Å². The highest BCUT2D eigenvalue weighted by Crippen LogP contribution is 2.18. The molecule has 3 N–H and O–H groups in total. The maximum atomic E-state index is 11.1. The molecule has 182 valence electrons. The molecule has 0 unspecified atom stereocenters. The van der Waals surface area contributed by atoms with Gasteiger partial charge in [-0.25, -0.2) is 0 Å². The Balaban J connectivity index is 1.65. The molecule has 3 rings (SSSR count). The van der Waals surface area contributed by atoms with Gasteiger partial charge in [-0.15, -0.1) is 0 Å². The minimum Gasteiger partial charge on any atom is -0.491 e. The Bertz CT molecular complexity index is 938. The van der Waals surface area contributed by atoms with Crippen LogP contribution in [0.5, 0.6) is 11.5 Å². The summed E-state index contributed by atoms with van der Waals surface area (Å²) in [6.07, 6.45) is -0.281. The van der Waals surface area contributed by atoms with Gasteiger partial charge in [0.2, 0.25) is 0 Å². The molecule has 34 heavy (non-hydrogen) atoms. The van der Waals surface area contributed by atoms with Gasteiger partial charge in [-0.3, -0.25) is 4.90 Å². The number of rotatable bonds is 14. The lowest BCUT2D eigenvalue weighted by molar-refractivity contribution is -0.0506. The average molecular weight is 465 g/mol. The fraction of sp³-hybridized carbons (Fsp3) is 0.357. The van der Waals surface area contributed by atoms with Crippen LogP contribution < -0.4 is 15.1 Å². The molecule has 0 aliphatic rings. The molecule has 0 aliphatic heterocycles. The van der Waals surface area contributed by atoms with Crippen LogP contribution in [-0.2, 0) is 12.8 Å². The van der Waals surface area contributed by atoms with Gasteiger partial charge >= 0.3 is 0 Å². The van der Waals surface area contributed by atoms with Crippen LogP contribution in [0.15, 0.2) is 84.9 Å². The van der Waals surface area contributed by atoms with Crippen molar-refractivity contribution in [2.75, 3.05) is 19.7 Å². The second-order valence-electron chi connectivity index (χ2n) is 8.44. The predicted molar refractivity (Wildman–Crippen MR) is 135 cm³/mol. The molecule has 0 amide bonds. The number of hydrogen-bond acceptors (Lipinski definition) is 6. The number of para-hydroxylation sites is 1. The third-order valence-electron chi connectivity index (χ3n) is 5.61. The molecule has 0 spiro atoms. The fourth-order valence-corrected chi connectivity index (χ4v) is 3.85. The van der Waals surface area contributed by atoms with E-state index < -0.39 is 12.3 Å². The summed E-state index contributed by atoms with van der Waals surface area (Å²) in [4.78, 5) is 7.39. The van der Waals surface area contributed by atoms with Crippen LogP contribution in [0.25, 0.3) is 0 Å². The van der Waals surface area contributed by atoms with Gasteiger partial charge in [-0.2, -0.15) is 5.48 Å². The zero-order chi connectivity index (χ0) is 24.2. The molecule has 0 heterocycles. The summed E-state index contributed by atoms with van der Waals surface area (Å²) < 4.78 is 5.73. The Morgan fingerprint density at radius 3 is 2.06 bits per heavy atom. The van der Waals surface area contributed by atoms with Gasteiger partial charge in [0.15, 0.2) is 0 Å². The number of aliphatic hydroxyl groups excluding tert-OH is 2. The van der Waals surface area contributed by atoms with Crippen molar-refractivity contribution in [1.29, 1.82) is 0 Å². The van der Waals surface area contributed by atoms with Crippen molar-refractivity contribution in [3.05, 3.63) is 96.1 Å². The van der Waals surface area contributed by atoms with E-state index in [4.69, 9.17) is 9.57 Å². The Morgan fingerprint density at radius 2 is 1.41 bits per heavy atom. The number of nitrogens with zero attached hydrogens (tertiary/aromatic N) is 1. The Labute approximate surface area is 202 Å². The molecule has 0 saturated carbocycles. The molecule has 3 aromatic carbocycles. The van der Waals surface area contributed by atoms with Gasteiger partial charge in [-0.05, 0) is 55.7 Å². The highest BCUT2D eigenvalue weighted by Gasteiger charge is 2.25. The second kappa shape index (κ2) is 13.7. The first kappa shape index (κ1) is 25.7. The number of hydroxylamine groups is 1. The van der Waals surface area contributed by atoms with Crippen LogP contribution in [0.3, 0.4) is 0 Å². The van der Waals surface area contributed by atoms with Crippen LogP contribution in [0, 0.1) is 0 Å². The molecule has 3 aromatic rings. The second-order valence-corrected chi connectivity index (χ2v) is 8.44. The van der Waals surface area contributed by atoms with Crippen LogP contribution >= 0.6 is 0 Å². The largest absolute Gasteiger partial charge is 0.491 e. The minimum absolute atomic E-state index is 0.00868. The van der Waals surface area contributed by atoms with Crippen molar-refractivity contribution in [1.82, 2.24) is 10.4 Å². The number of ether oxygens (including phenoxy) is 1. The van der Waals surface area contributed by atoms with Gasteiger partial charge in [0.05, 0.1) is 0 Å².